The topological polar surface area (TPSA) is 76.1 Å². The SMILES string of the molecule is COCCCNC(=O)c1cc(Nc2c(C)cccc2C)ncn1. The van der Waals surface area contributed by atoms with E-state index in [0.717, 1.165) is 23.2 Å². The molecule has 0 radical (unpaired) electrons. The molecule has 0 aliphatic heterocycles. The molecule has 2 aromatic rings. The summed E-state index contributed by atoms with van der Waals surface area (Å²) in [6.45, 7) is 5.22. The van der Waals surface area contributed by atoms with Gasteiger partial charge in [0.25, 0.3) is 5.91 Å². The van der Waals surface area contributed by atoms with E-state index in [9.17, 15) is 4.79 Å². The molecule has 122 valence electrons. The largest absolute Gasteiger partial charge is 0.385 e. The lowest BCUT2D eigenvalue weighted by Gasteiger charge is -2.12. The molecule has 1 aromatic carbocycles. The fraction of sp³-hybridized carbons (Fsp3) is 0.353. The number of hydrogen-bond donors (Lipinski definition) is 2. The predicted octanol–water partition coefficient (Wildman–Crippen LogP) is 2.60. The zero-order chi connectivity index (χ0) is 16.7. The van der Waals surface area contributed by atoms with Gasteiger partial charge in [0.1, 0.15) is 17.8 Å². The summed E-state index contributed by atoms with van der Waals surface area (Å²) in [6.07, 6.45) is 2.15. The maximum Gasteiger partial charge on any atom is 0.270 e. The molecular formula is C17H22N4O2. The molecule has 0 atom stereocenters. The molecule has 23 heavy (non-hydrogen) atoms. The number of amides is 1. The highest BCUT2D eigenvalue weighted by Gasteiger charge is 2.09. The molecule has 6 heteroatoms. The van der Waals surface area contributed by atoms with E-state index >= 15 is 0 Å². The Morgan fingerprint density at radius 1 is 1.22 bits per heavy atom. The van der Waals surface area contributed by atoms with Crippen LogP contribution in [0.2, 0.25) is 0 Å². The molecule has 2 rings (SSSR count). The number of hydrogen-bond acceptors (Lipinski definition) is 5. The van der Waals surface area contributed by atoms with Crippen LogP contribution < -0.4 is 10.6 Å². The third-order valence-corrected chi connectivity index (χ3v) is 3.44. The van der Waals surface area contributed by atoms with E-state index in [1.807, 2.05) is 32.0 Å². The molecule has 0 spiro atoms. The second-order valence-corrected chi connectivity index (χ2v) is 5.28. The van der Waals surface area contributed by atoms with Crippen LogP contribution >= 0.6 is 0 Å². The Hall–Kier alpha value is -2.47. The van der Waals surface area contributed by atoms with Crippen LogP contribution in [0.3, 0.4) is 0 Å². The van der Waals surface area contributed by atoms with Crippen LogP contribution in [0.15, 0.2) is 30.6 Å². The summed E-state index contributed by atoms with van der Waals surface area (Å²) in [4.78, 5) is 20.3. The monoisotopic (exact) mass is 314 g/mol. The number of carbonyl (C=O) groups is 1. The van der Waals surface area contributed by atoms with Crippen LogP contribution in [0.25, 0.3) is 0 Å². The van der Waals surface area contributed by atoms with E-state index in [4.69, 9.17) is 4.74 Å². The summed E-state index contributed by atoms with van der Waals surface area (Å²) in [6, 6.07) is 7.71. The van der Waals surface area contributed by atoms with Crippen LogP contribution in [-0.2, 0) is 4.74 Å². The van der Waals surface area contributed by atoms with Crippen molar-refractivity contribution in [2.75, 3.05) is 25.6 Å². The Labute approximate surface area is 136 Å². The Bertz CT molecular complexity index is 653. The Morgan fingerprint density at radius 2 is 1.96 bits per heavy atom. The number of aryl methyl sites for hydroxylation is 2. The van der Waals surface area contributed by atoms with Gasteiger partial charge in [-0.05, 0) is 31.4 Å². The average Bonchev–Trinajstić information content (AvgIpc) is 2.55. The lowest BCUT2D eigenvalue weighted by atomic mass is 10.1. The highest BCUT2D eigenvalue weighted by molar-refractivity contribution is 5.93. The summed E-state index contributed by atoms with van der Waals surface area (Å²) in [5.74, 6) is 0.382. The van der Waals surface area contributed by atoms with E-state index in [-0.39, 0.29) is 5.91 Å². The van der Waals surface area contributed by atoms with Gasteiger partial charge in [0, 0.05) is 32.0 Å². The Morgan fingerprint density at radius 3 is 2.65 bits per heavy atom. The summed E-state index contributed by atoms with van der Waals surface area (Å²) in [5, 5.41) is 6.07. The van der Waals surface area contributed by atoms with Gasteiger partial charge in [-0.1, -0.05) is 18.2 Å². The first-order valence-electron chi connectivity index (χ1n) is 7.54. The number of nitrogens with one attached hydrogen (secondary N) is 2. The van der Waals surface area contributed by atoms with Crippen LogP contribution in [0.4, 0.5) is 11.5 Å². The van der Waals surface area contributed by atoms with Crippen molar-refractivity contribution in [3.05, 3.63) is 47.4 Å². The van der Waals surface area contributed by atoms with Gasteiger partial charge in [0.2, 0.25) is 0 Å². The number of nitrogens with zero attached hydrogens (tertiary/aromatic N) is 2. The predicted molar refractivity (Wildman–Crippen MR) is 90.1 cm³/mol. The summed E-state index contributed by atoms with van der Waals surface area (Å²) >= 11 is 0. The quantitative estimate of drug-likeness (QED) is 0.768. The van der Waals surface area contributed by atoms with Crippen molar-refractivity contribution in [2.45, 2.75) is 20.3 Å². The van der Waals surface area contributed by atoms with Crippen molar-refractivity contribution >= 4 is 17.4 Å². The molecular weight excluding hydrogens is 292 g/mol. The maximum absolute atomic E-state index is 12.1. The normalized spacial score (nSPS) is 10.4. The minimum Gasteiger partial charge on any atom is -0.385 e. The minimum absolute atomic E-state index is 0.215. The first-order valence-corrected chi connectivity index (χ1v) is 7.54. The maximum atomic E-state index is 12.1. The van der Waals surface area contributed by atoms with E-state index in [0.29, 0.717) is 24.7 Å². The standard InChI is InChI=1S/C17H22N4O2/c1-12-6-4-7-13(2)16(12)21-15-10-14(19-11-20-15)17(22)18-8-5-9-23-3/h4,6-7,10-11H,5,8-9H2,1-3H3,(H,18,22)(H,19,20,21). The number of aromatic nitrogens is 2. The third-order valence-electron chi connectivity index (χ3n) is 3.44. The fourth-order valence-electron chi connectivity index (χ4n) is 2.20. The van der Waals surface area contributed by atoms with Gasteiger partial charge < -0.3 is 15.4 Å². The molecule has 0 aliphatic carbocycles. The van der Waals surface area contributed by atoms with Crippen molar-refractivity contribution < 1.29 is 9.53 Å². The number of rotatable bonds is 7. The average molecular weight is 314 g/mol. The van der Waals surface area contributed by atoms with Gasteiger partial charge in [-0.15, -0.1) is 0 Å². The number of carbonyl (C=O) groups excluding carboxylic acids is 1. The molecule has 0 saturated heterocycles. The number of para-hydroxylation sites is 1. The molecule has 1 amide bonds. The molecule has 0 fully saturated rings. The smallest absolute Gasteiger partial charge is 0.270 e. The third kappa shape index (κ3) is 4.75. The van der Waals surface area contributed by atoms with Gasteiger partial charge in [0.05, 0.1) is 0 Å². The van der Waals surface area contributed by atoms with Gasteiger partial charge in [-0.3, -0.25) is 4.79 Å². The van der Waals surface area contributed by atoms with E-state index in [1.54, 1.807) is 13.2 Å². The number of anilines is 2. The fourth-order valence-corrected chi connectivity index (χ4v) is 2.20. The zero-order valence-corrected chi connectivity index (χ0v) is 13.7. The first kappa shape index (κ1) is 16.9. The van der Waals surface area contributed by atoms with Gasteiger partial charge in [-0.2, -0.15) is 0 Å². The van der Waals surface area contributed by atoms with E-state index in [2.05, 4.69) is 20.6 Å². The molecule has 0 bridgehead atoms. The van der Waals surface area contributed by atoms with Gasteiger partial charge >= 0.3 is 0 Å². The highest BCUT2D eigenvalue weighted by atomic mass is 16.5. The number of methoxy groups -OCH3 is 1. The molecule has 2 N–H and O–H groups in total. The van der Waals surface area contributed by atoms with Crippen molar-refractivity contribution in [1.82, 2.24) is 15.3 Å². The van der Waals surface area contributed by atoms with Crippen molar-refractivity contribution in [2.24, 2.45) is 0 Å². The summed E-state index contributed by atoms with van der Waals surface area (Å²) in [7, 11) is 1.64. The van der Waals surface area contributed by atoms with E-state index in [1.165, 1.54) is 6.33 Å². The Kier molecular flexibility index (Phi) is 6.05. The molecule has 1 heterocycles. The first-order chi connectivity index (χ1) is 11.1. The van der Waals surface area contributed by atoms with Crippen LogP contribution in [0, 0.1) is 13.8 Å². The van der Waals surface area contributed by atoms with Crippen LogP contribution in [0.1, 0.15) is 28.0 Å². The molecule has 6 nitrogen and oxygen atoms in total. The van der Waals surface area contributed by atoms with Crippen molar-refractivity contribution in [3.8, 4) is 0 Å². The zero-order valence-electron chi connectivity index (χ0n) is 13.7. The lowest BCUT2D eigenvalue weighted by Crippen LogP contribution is -2.26. The summed E-state index contributed by atoms with van der Waals surface area (Å²) in [5.41, 5.74) is 3.58. The van der Waals surface area contributed by atoms with Crippen LogP contribution in [0.5, 0.6) is 0 Å². The van der Waals surface area contributed by atoms with Gasteiger partial charge in [0.15, 0.2) is 0 Å². The molecule has 0 aliphatic rings. The minimum atomic E-state index is -0.215. The van der Waals surface area contributed by atoms with Crippen molar-refractivity contribution in [1.29, 1.82) is 0 Å². The lowest BCUT2D eigenvalue weighted by molar-refractivity contribution is 0.0943. The van der Waals surface area contributed by atoms with Crippen molar-refractivity contribution in [3.63, 3.8) is 0 Å². The molecule has 0 saturated carbocycles. The second kappa shape index (κ2) is 8.24. The van der Waals surface area contributed by atoms with Gasteiger partial charge in [-0.25, -0.2) is 9.97 Å². The van der Waals surface area contributed by atoms with E-state index < -0.39 is 0 Å². The molecule has 1 aromatic heterocycles. The van der Waals surface area contributed by atoms with Crippen LogP contribution in [-0.4, -0.2) is 36.1 Å². The highest BCUT2D eigenvalue weighted by Crippen LogP contribution is 2.23. The number of benzene rings is 1. The second-order valence-electron chi connectivity index (χ2n) is 5.28. The molecule has 0 unspecified atom stereocenters. The summed E-state index contributed by atoms with van der Waals surface area (Å²) < 4.78 is 4.95. The Balaban J connectivity index is 2.06. The number of ether oxygens (including phenoxy) is 1.